The van der Waals surface area contributed by atoms with Crippen LogP contribution in [-0.2, 0) is 11.3 Å². The Morgan fingerprint density at radius 3 is 2.91 bits per heavy atom. The second-order valence-electron chi connectivity index (χ2n) is 1.81. The van der Waals surface area contributed by atoms with Crippen LogP contribution in [0, 0.1) is 0 Å². The molecule has 5 heteroatoms. The fourth-order valence-corrected chi connectivity index (χ4v) is 1.37. The van der Waals surface area contributed by atoms with E-state index in [-0.39, 0.29) is 12.4 Å². The fourth-order valence-electron chi connectivity index (χ4n) is 0.632. The molecule has 0 saturated heterocycles. The Balaban J connectivity index is 0.000001000. The normalized spacial score (nSPS) is 8.91. The van der Waals surface area contributed by atoms with Crippen LogP contribution in [0.3, 0.4) is 0 Å². The van der Waals surface area contributed by atoms with Crippen molar-refractivity contribution in [3.05, 3.63) is 11.1 Å². The van der Waals surface area contributed by atoms with Crippen LogP contribution in [0.5, 0.6) is 0 Å². The highest BCUT2D eigenvalue weighted by Gasteiger charge is 1.97. The van der Waals surface area contributed by atoms with Crippen molar-refractivity contribution in [3.8, 4) is 0 Å². The van der Waals surface area contributed by atoms with Crippen LogP contribution < -0.4 is 5.32 Å². The summed E-state index contributed by atoms with van der Waals surface area (Å²) < 4.78 is 4.93. The topological polar surface area (TPSA) is 34.2 Å². The van der Waals surface area contributed by atoms with Gasteiger partial charge < -0.3 is 10.1 Å². The predicted octanol–water partition coefficient (Wildman–Crippen LogP) is 1.75. The van der Waals surface area contributed by atoms with E-state index < -0.39 is 0 Å². The van der Waals surface area contributed by atoms with Gasteiger partial charge in [-0.2, -0.15) is 0 Å². The lowest BCUT2D eigenvalue weighted by atomic mass is 10.6. The Morgan fingerprint density at radius 2 is 2.45 bits per heavy atom. The number of ether oxygens (including phenoxy) is 1. The minimum Gasteiger partial charge on any atom is -0.379 e. The summed E-state index contributed by atoms with van der Waals surface area (Å²) in [7, 11) is 3.54. The van der Waals surface area contributed by atoms with Gasteiger partial charge in [-0.25, -0.2) is 4.98 Å². The molecule has 1 aromatic heterocycles. The quantitative estimate of drug-likeness (QED) is 0.796. The average Bonchev–Trinajstić information content (AvgIpc) is 2.37. The smallest absolute Gasteiger partial charge is 0.182 e. The Morgan fingerprint density at radius 1 is 1.73 bits per heavy atom. The monoisotopic (exact) mass is 194 g/mol. The highest BCUT2D eigenvalue weighted by molar-refractivity contribution is 7.15. The van der Waals surface area contributed by atoms with Crippen LogP contribution in [0.1, 0.15) is 4.88 Å². The van der Waals surface area contributed by atoms with E-state index in [2.05, 4.69) is 10.3 Å². The Kier molecular flexibility index (Phi) is 5.19. The summed E-state index contributed by atoms with van der Waals surface area (Å²) in [6, 6.07) is 0. The fraction of sp³-hybridized carbons (Fsp3) is 0.500. The molecule has 0 bridgehead atoms. The molecule has 0 aliphatic carbocycles. The maximum absolute atomic E-state index is 4.93. The molecule has 3 nitrogen and oxygen atoms in total. The molecule has 64 valence electrons. The van der Waals surface area contributed by atoms with Crippen LogP contribution >= 0.6 is 23.7 Å². The number of methoxy groups -OCH3 is 1. The number of halogens is 1. The third kappa shape index (κ3) is 3.05. The highest BCUT2D eigenvalue weighted by atomic mass is 35.5. The van der Waals surface area contributed by atoms with E-state index in [1.54, 1.807) is 18.4 Å². The summed E-state index contributed by atoms with van der Waals surface area (Å²) in [4.78, 5) is 5.23. The van der Waals surface area contributed by atoms with Gasteiger partial charge in [-0.1, -0.05) is 11.3 Å². The number of aromatic nitrogens is 1. The van der Waals surface area contributed by atoms with Crippen molar-refractivity contribution in [1.82, 2.24) is 4.98 Å². The van der Waals surface area contributed by atoms with Gasteiger partial charge in [-0.3, -0.25) is 0 Å². The van der Waals surface area contributed by atoms with Crippen LogP contribution in [0.2, 0.25) is 0 Å². The second kappa shape index (κ2) is 5.35. The van der Waals surface area contributed by atoms with Crippen LogP contribution in [0.15, 0.2) is 6.20 Å². The second-order valence-corrected chi connectivity index (χ2v) is 2.93. The zero-order valence-corrected chi connectivity index (χ0v) is 8.09. The van der Waals surface area contributed by atoms with Gasteiger partial charge in [0.25, 0.3) is 0 Å². The lowest BCUT2D eigenvalue weighted by Gasteiger charge is -1.90. The van der Waals surface area contributed by atoms with Crippen molar-refractivity contribution in [1.29, 1.82) is 0 Å². The zero-order valence-electron chi connectivity index (χ0n) is 6.46. The number of rotatable bonds is 3. The lowest BCUT2D eigenvalue weighted by molar-refractivity contribution is 0.187. The molecule has 1 heterocycles. The predicted molar refractivity (Wildman–Crippen MR) is 49.6 cm³/mol. The molecule has 11 heavy (non-hydrogen) atoms. The van der Waals surface area contributed by atoms with Crippen molar-refractivity contribution in [3.63, 3.8) is 0 Å². The highest BCUT2D eigenvalue weighted by Crippen LogP contribution is 2.17. The van der Waals surface area contributed by atoms with E-state index in [9.17, 15) is 0 Å². The van der Waals surface area contributed by atoms with E-state index in [1.807, 2.05) is 13.2 Å². The van der Waals surface area contributed by atoms with E-state index in [0.717, 1.165) is 10.0 Å². The van der Waals surface area contributed by atoms with Gasteiger partial charge in [-0.05, 0) is 0 Å². The van der Waals surface area contributed by atoms with Gasteiger partial charge in [0.2, 0.25) is 0 Å². The largest absolute Gasteiger partial charge is 0.379 e. The number of hydrogen-bond donors (Lipinski definition) is 1. The Bertz CT molecular complexity index is 204. The van der Waals surface area contributed by atoms with Crippen molar-refractivity contribution in [2.24, 2.45) is 0 Å². The van der Waals surface area contributed by atoms with Crippen molar-refractivity contribution in [2.45, 2.75) is 6.61 Å². The van der Waals surface area contributed by atoms with Gasteiger partial charge in [0, 0.05) is 20.4 Å². The Hall–Kier alpha value is -0.320. The number of nitrogens with zero attached hydrogens (tertiary/aromatic N) is 1. The van der Waals surface area contributed by atoms with E-state index in [0.29, 0.717) is 6.61 Å². The van der Waals surface area contributed by atoms with Gasteiger partial charge in [0.15, 0.2) is 5.13 Å². The molecule has 0 aliphatic rings. The maximum atomic E-state index is 4.93. The van der Waals surface area contributed by atoms with Crippen molar-refractivity contribution in [2.75, 3.05) is 19.5 Å². The Labute approximate surface area is 76.2 Å². The standard InChI is InChI=1S/C6H10N2OS.ClH/c1-7-6-8-3-5(10-6)4-9-2;/h3H,4H2,1-2H3,(H,7,8);1H. The molecule has 1 rings (SSSR count). The average molecular weight is 195 g/mol. The first-order valence-corrected chi connectivity index (χ1v) is 3.80. The molecule has 0 unspecified atom stereocenters. The molecular formula is C6H11ClN2OS. The van der Waals surface area contributed by atoms with Crippen molar-refractivity contribution < 1.29 is 4.74 Å². The zero-order chi connectivity index (χ0) is 7.40. The molecule has 0 saturated carbocycles. The van der Waals surface area contributed by atoms with Crippen LogP contribution in [-0.4, -0.2) is 19.1 Å². The first-order valence-electron chi connectivity index (χ1n) is 2.98. The van der Waals surface area contributed by atoms with Gasteiger partial charge in [-0.15, -0.1) is 12.4 Å². The van der Waals surface area contributed by atoms with Crippen LogP contribution in [0.25, 0.3) is 0 Å². The molecule has 0 fully saturated rings. The van der Waals surface area contributed by atoms with E-state index in [4.69, 9.17) is 4.74 Å². The summed E-state index contributed by atoms with van der Waals surface area (Å²) in [5.41, 5.74) is 0. The maximum Gasteiger partial charge on any atom is 0.182 e. The molecule has 0 atom stereocenters. The number of thiazole rings is 1. The van der Waals surface area contributed by atoms with E-state index >= 15 is 0 Å². The SMILES string of the molecule is CNc1ncc(COC)s1.Cl. The summed E-state index contributed by atoms with van der Waals surface area (Å²) in [5, 5.41) is 3.89. The van der Waals surface area contributed by atoms with Crippen molar-refractivity contribution >= 4 is 28.9 Å². The third-order valence-corrected chi connectivity index (χ3v) is 2.04. The first kappa shape index (κ1) is 10.7. The summed E-state index contributed by atoms with van der Waals surface area (Å²) >= 11 is 1.61. The van der Waals surface area contributed by atoms with Gasteiger partial charge >= 0.3 is 0 Å². The minimum absolute atomic E-state index is 0. The third-order valence-electron chi connectivity index (χ3n) is 1.05. The van der Waals surface area contributed by atoms with E-state index in [1.165, 1.54) is 0 Å². The molecule has 0 radical (unpaired) electrons. The summed E-state index contributed by atoms with van der Waals surface area (Å²) in [5.74, 6) is 0. The number of hydrogen-bond acceptors (Lipinski definition) is 4. The number of nitrogens with one attached hydrogen (secondary N) is 1. The minimum atomic E-state index is 0. The molecule has 1 aromatic rings. The molecule has 0 aromatic carbocycles. The molecule has 0 amide bonds. The van der Waals surface area contributed by atoms with Gasteiger partial charge in [0.05, 0.1) is 11.5 Å². The van der Waals surface area contributed by atoms with Crippen LogP contribution in [0.4, 0.5) is 5.13 Å². The van der Waals surface area contributed by atoms with Gasteiger partial charge in [0.1, 0.15) is 0 Å². The lowest BCUT2D eigenvalue weighted by Crippen LogP contribution is -1.83. The number of anilines is 1. The first-order chi connectivity index (χ1) is 4.86. The summed E-state index contributed by atoms with van der Waals surface area (Å²) in [6.45, 7) is 0.652. The molecule has 0 aliphatic heterocycles. The molecular weight excluding hydrogens is 184 g/mol. The molecule has 0 spiro atoms. The molecule has 1 N–H and O–H groups in total. The summed E-state index contributed by atoms with van der Waals surface area (Å²) in [6.07, 6.45) is 1.82.